The van der Waals surface area contributed by atoms with Gasteiger partial charge in [-0.1, -0.05) is 19.1 Å². The molecule has 0 saturated carbocycles. The van der Waals surface area contributed by atoms with Crippen molar-refractivity contribution in [3.63, 3.8) is 0 Å². The highest BCUT2D eigenvalue weighted by atomic mass is 32.2. The van der Waals surface area contributed by atoms with Gasteiger partial charge in [0.05, 0.1) is 11.4 Å². The van der Waals surface area contributed by atoms with E-state index < -0.39 is 15.9 Å². The number of piperazine rings is 1. The first kappa shape index (κ1) is 22.4. The van der Waals surface area contributed by atoms with Crippen LogP contribution in [0, 0.1) is 6.92 Å². The first-order valence-corrected chi connectivity index (χ1v) is 11.2. The van der Waals surface area contributed by atoms with Crippen molar-refractivity contribution in [3.05, 3.63) is 53.6 Å². The Kier molecular flexibility index (Phi) is 6.71. The van der Waals surface area contributed by atoms with E-state index in [1.54, 1.807) is 25.1 Å². The smallest absolute Gasteiger partial charge is 0.255 e. The van der Waals surface area contributed by atoms with Crippen molar-refractivity contribution < 1.29 is 22.8 Å². The van der Waals surface area contributed by atoms with Crippen LogP contribution in [0.4, 0.5) is 11.4 Å². The number of aryl methyl sites for hydroxylation is 1. The highest BCUT2D eigenvalue weighted by Crippen LogP contribution is 2.23. The number of sulfonamides is 1. The van der Waals surface area contributed by atoms with Gasteiger partial charge in [0.2, 0.25) is 21.8 Å². The number of benzene rings is 2. The minimum absolute atomic E-state index is 0.0597. The third-order valence-electron chi connectivity index (χ3n) is 4.83. The van der Waals surface area contributed by atoms with Crippen molar-refractivity contribution in [1.29, 1.82) is 0 Å². The van der Waals surface area contributed by atoms with Gasteiger partial charge in [0.15, 0.2) is 0 Å². The van der Waals surface area contributed by atoms with Gasteiger partial charge >= 0.3 is 0 Å². The van der Waals surface area contributed by atoms with E-state index in [0.29, 0.717) is 17.8 Å². The normalized spacial score (nSPS) is 14.6. The lowest BCUT2D eigenvalue weighted by Gasteiger charge is -2.26. The summed E-state index contributed by atoms with van der Waals surface area (Å²) in [5, 5.41) is 8.08. The molecule has 9 nitrogen and oxygen atoms in total. The summed E-state index contributed by atoms with van der Waals surface area (Å²) >= 11 is 0. The third-order valence-corrected chi connectivity index (χ3v) is 6.67. The van der Waals surface area contributed by atoms with E-state index in [1.165, 1.54) is 24.3 Å². The summed E-state index contributed by atoms with van der Waals surface area (Å²) in [7, 11) is -3.91. The molecule has 0 atom stereocenters. The molecule has 164 valence electrons. The maximum absolute atomic E-state index is 12.9. The fourth-order valence-corrected chi connectivity index (χ4v) is 4.49. The Morgan fingerprint density at radius 3 is 2.61 bits per heavy atom. The van der Waals surface area contributed by atoms with Gasteiger partial charge in [-0.2, -0.15) is 4.31 Å². The lowest BCUT2D eigenvalue weighted by atomic mass is 10.1. The number of rotatable bonds is 6. The standard InChI is InChI=1S/C21H24N4O5S/c1-3-19(26)23-16-8-7-14(2)18(12-16)24-21(28)15-5-4-6-17(11-15)31(29,30)25-10-9-22-20(27)13-25/h4-8,11-12H,3,9-10,13H2,1-2H3,(H,22,27)(H,23,26)(H,24,28). The number of anilines is 2. The lowest BCUT2D eigenvalue weighted by Crippen LogP contribution is -2.49. The van der Waals surface area contributed by atoms with E-state index in [-0.39, 0.29) is 41.9 Å². The van der Waals surface area contributed by atoms with Gasteiger partial charge in [-0.25, -0.2) is 8.42 Å². The Balaban J connectivity index is 1.81. The van der Waals surface area contributed by atoms with E-state index in [2.05, 4.69) is 16.0 Å². The topological polar surface area (TPSA) is 125 Å². The summed E-state index contributed by atoms with van der Waals surface area (Å²) in [5.74, 6) is -1.00. The molecule has 0 aromatic heterocycles. The summed E-state index contributed by atoms with van der Waals surface area (Å²) in [6, 6.07) is 10.8. The van der Waals surface area contributed by atoms with Crippen molar-refractivity contribution in [2.24, 2.45) is 0 Å². The lowest BCUT2D eigenvalue weighted by molar-refractivity contribution is -0.122. The van der Waals surface area contributed by atoms with E-state index in [9.17, 15) is 22.8 Å². The molecule has 3 N–H and O–H groups in total. The van der Waals surface area contributed by atoms with Gasteiger partial charge in [-0.3, -0.25) is 14.4 Å². The second kappa shape index (κ2) is 9.27. The fourth-order valence-electron chi connectivity index (χ4n) is 3.05. The molecule has 3 amide bonds. The van der Waals surface area contributed by atoms with Crippen LogP contribution in [0.3, 0.4) is 0 Å². The van der Waals surface area contributed by atoms with Gasteiger partial charge in [0.1, 0.15) is 0 Å². The number of amides is 3. The Bertz CT molecular complexity index is 1130. The molecule has 2 aromatic rings. The Labute approximate surface area is 180 Å². The number of hydrogen-bond acceptors (Lipinski definition) is 5. The molecule has 2 aromatic carbocycles. The molecule has 1 fully saturated rings. The zero-order valence-electron chi connectivity index (χ0n) is 17.3. The summed E-state index contributed by atoms with van der Waals surface area (Å²) in [6.45, 7) is 3.70. The molecule has 1 heterocycles. The van der Waals surface area contributed by atoms with Gasteiger partial charge in [-0.15, -0.1) is 0 Å². The van der Waals surface area contributed by atoms with Crippen molar-refractivity contribution in [3.8, 4) is 0 Å². The molecule has 3 rings (SSSR count). The highest BCUT2D eigenvalue weighted by Gasteiger charge is 2.29. The molecule has 0 bridgehead atoms. The number of carbonyl (C=O) groups excluding carboxylic acids is 3. The molecule has 1 aliphatic rings. The number of nitrogens with zero attached hydrogens (tertiary/aromatic N) is 1. The fraction of sp³-hybridized carbons (Fsp3) is 0.286. The van der Waals surface area contributed by atoms with Crippen LogP contribution in [0.1, 0.15) is 29.3 Å². The van der Waals surface area contributed by atoms with Crippen LogP contribution < -0.4 is 16.0 Å². The van der Waals surface area contributed by atoms with Crippen LogP contribution in [-0.2, 0) is 19.6 Å². The maximum atomic E-state index is 12.9. The van der Waals surface area contributed by atoms with Crippen LogP contribution in [0.25, 0.3) is 0 Å². The summed E-state index contributed by atoms with van der Waals surface area (Å²) in [5.41, 5.74) is 1.99. The Hall–Kier alpha value is -3.24. The molecular weight excluding hydrogens is 420 g/mol. The van der Waals surface area contributed by atoms with Crippen LogP contribution in [0.2, 0.25) is 0 Å². The monoisotopic (exact) mass is 444 g/mol. The van der Waals surface area contributed by atoms with E-state index in [1.807, 2.05) is 6.92 Å². The number of carbonyl (C=O) groups is 3. The minimum atomic E-state index is -3.91. The van der Waals surface area contributed by atoms with Crippen molar-refractivity contribution >= 4 is 39.1 Å². The molecule has 0 spiro atoms. The maximum Gasteiger partial charge on any atom is 0.255 e. The van der Waals surface area contributed by atoms with E-state index in [4.69, 9.17) is 0 Å². The molecule has 31 heavy (non-hydrogen) atoms. The van der Waals surface area contributed by atoms with Gasteiger partial charge in [0, 0.05) is 36.4 Å². The summed E-state index contributed by atoms with van der Waals surface area (Å²) < 4.78 is 26.8. The third kappa shape index (κ3) is 5.28. The molecular formula is C21H24N4O5S. The number of nitrogens with one attached hydrogen (secondary N) is 3. The van der Waals surface area contributed by atoms with Gasteiger partial charge < -0.3 is 16.0 Å². The zero-order chi connectivity index (χ0) is 22.6. The van der Waals surface area contributed by atoms with Gasteiger partial charge in [-0.05, 0) is 42.8 Å². The number of hydrogen-bond donors (Lipinski definition) is 3. The molecule has 1 saturated heterocycles. The molecule has 0 radical (unpaired) electrons. The molecule has 0 aliphatic carbocycles. The van der Waals surface area contributed by atoms with E-state index >= 15 is 0 Å². The SMILES string of the molecule is CCC(=O)Nc1ccc(C)c(NC(=O)c2cccc(S(=O)(=O)N3CCNC(=O)C3)c2)c1. The van der Waals surface area contributed by atoms with Crippen molar-refractivity contribution in [1.82, 2.24) is 9.62 Å². The second-order valence-corrected chi connectivity index (χ2v) is 9.04. The minimum Gasteiger partial charge on any atom is -0.354 e. The van der Waals surface area contributed by atoms with Crippen LogP contribution in [0.15, 0.2) is 47.4 Å². The van der Waals surface area contributed by atoms with Crippen LogP contribution in [-0.4, -0.2) is 50.1 Å². The first-order chi connectivity index (χ1) is 14.7. The van der Waals surface area contributed by atoms with E-state index in [0.717, 1.165) is 9.87 Å². The van der Waals surface area contributed by atoms with Crippen molar-refractivity contribution in [2.75, 3.05) is 30.3 Å². The van der Waals surface area contributed by atoms with Crippen LogP contribution in [0.5, 0.6) is 0 Å². The summed E-state index contributed by atoms with van der Waals surface area (Å²) in [6.07, 6.45) is 0.329. The average Bonchev–Trinajstić information content (AvgIpc) is 2.76. The quantitative estimate of drug-likeness (QED) is 0.626. The van der Waals surface area contributed by atoms with Crippen LogP contribution >= 0.6 is 0 Å². The second-order valence-electron chi connectivity index (χ2n) is 7.10. The predicted molar refractivity (Wildman–Crippen MR) is 116 cm³/mol. The first-order valence-electron chi connectivity index (χ1n) is 9.79. The average molecular weight is 445 g/mol. The zero-order valence-corrected chi connectivity index (χ0v) is 18.1. The van der Waals surface area contributed by atoms with Crippen molar-refractivity contribution in [2.45, 2.75) is 25.2 Å². The molecule has 0 unspecified atom stereocenters. The molecule has 1 aliphatic heterocycles. The van der Waals surface area contributed by atoms with Gasteiger partial charge in [0.25, 0.3) is 5.91 Å². The summed E-state index contributed by atoms with van der Waals surface area (Å²) in [4.78, 5) is 35.9. The Morgan fingerprint density at radius 1 is 1.13 bits per heavy atom. The highest BCUT2D eigenvalue weighted by molar-refractivity contribution is 7.89. The predicted octanol–water partition coefficient (Wildman–Crippen LogP) is 1.72. The molecule has 10 heteroatoms. The Morgan fingerprint density at radius 2 is 1.90 bits per heavy atom. The largest absolute Gasteiger partial charge is 0.354 e.